The molecule has 0 saturated carbocycles. The molecule has 2 aliphatic rings. The van der Waals surface area contributed by atoms with Gasteiger partial charge in [0.1, 0.15) is 5.69 Å². The van der Waals surface area contributed by atoms with Crippen molar-refractivity contribution in [3.8, 4) is 0 Å². The van der Waals surface area contributed by atoms with E-state index in [1.807, 2.05) is 49.6 Å². The molecule has 156 valence electrons. The number of hydrogen-bond acceptors (Lipinski definition) is 4. The lowest BCUT2D eigenvalue weighted by Crippen LogP contribution is -2.43. The number of amides is 1. The van der Waals surface area contributed by atoms with Gasteiger partial charge in [0.2, 0.25) is 0 Å². The molecule has 1 aromatic rings. The quantitative estimate of drug-likeness (QED) is 0.732. The summed E-state index contributed by atoms with van der Waals surface area (Å²) < 4.78 is 0. The Morgan fingerprint density at radius 2 is 2.07 bits per heavy atom. The first kappa shape index (κ1) is 21.7. The van der Waals surface area contributed by atoms with Gasteiger partial charge in [0, 0.05) is 17.8 Å². The fourth-order valence-corrected chi connectivity index (χ4v) is 3.58. The van der Waals surface area contributed by atoms with Crippen LogP contribution in [0.3, 0.4) is 0 Å². The number of aliphatic imine (C=N–C) groups is 1. The molecule has 0 spiro atoms. The fourth-order valence-electron chi connectivity index (χ4n) is 3.58. The number of aromatic nitrogens is 1. The van der Waals surface area contributed by atoms with Crippen molar-refractivity contribution in [1.82, 2.24) is 15.2 Å². The van der Waals surface area contributed by atoms with Gasteiger partial charge in [-0.2, -0.15) is 0 Å². The van der Waals surface area contributed by atoms with Gasteiger partial charge in [-0.1, -0.05) is 49.1 Å². The summed E-state index contributed by atoms with van der Waals surface area (Å²) in [4.78, 5) is 24.2. The number of pyridine rings is 1. The maximum atomic E-state index is 12.7. The van der Waals surface area contributed by atoms with E-state index >= 15 is 0 Å². The standard InChI is InChI=1S/C25H30N4O/c1-4-7-19(8-5-2)20-11-12-21(18-26-17-20)23-9-6-10-24(28-23)25(30)27-22-13-15-29(3)16-14-22/h4-12,18,22H,1,13-17H2,2-3H3,(H,27,30)/b8-5-,19-7+. The van der Waals surface area contributed by atoms with Crippen LogP contribution in [0, 0.1) is 0 Å². The summed E-state index contributed by atoms with van der Waals surface area (Å²) in [6.45, 7) is 8.38. The second kappa shape index (κ2) is 10.6. The largest absolute Gasteiger partial charge is 0.348 e. The Kier molecular flexibility index (Phi) is 7.69. The normalized spacial score (nSPS) is 18.7. The lowest BCUT2D eigenvalue weighted by Gasteiger charge is -2.29. The SMILES string of the molecule is C=C/C=C(\C=C/C)C1=CC=C(c2cccc(C(=O)NC3CCN(C)CC3)n2)C=NC1. The second-order valence-electron chi connectivity index (χ2n) is 7.60. The van der Waals surface area contributed by atoms with Gasteiger partial charge in [-0.05, 0) is 63.2 Å². The zero-order chi connectivity index (χ0) is 21.3. The van der Waals surface area contributed by atoms with Crippen molar-refractivity contribution < 1.29 is 4.79 Å². The van der Waals surface area contributed by atoms with Gasteiger partial charge >= 0.3 is 0 Å². The highest BCUT2D eigenvalue weighted by Crippen LogP contribution is 2.19. The predicted molar refractivity (Wildman–Crippen MR) is 125 cm³/mol. The summed E-state index contributed by atoms with van der Waals surface area (Å²) in [5.74, 6) is -0.113. The molecule has 0 unspecified atom stereocenters. The number of allylic oxidation sites excluding steroid dienone is 7. The van der Waals surface area contributed by atoms with Crippen LogP contribution in [0.4, 0.5) is 0 Å². The summed E-state index contributed by atoms with van der Waals surface area (Å²) in [5, 5.41) is 3.13. The molecule has 3 rings (SSSR count). The number of likely N-dealkylation sites (tertiary alicyclic amines) is 1. The fraction of sp³-hybridized carbons (Fsp3) is 0.320. The number of nitrogens with one attached hydrogen (secondary N) is 1. The van der Waals surface area contributed by atoms with Crippen LogP contribution in [-0.2, 0) is 0 Å². The highest BCUT2D eigenvalue weighted by atomic mass is 16.1. The lowest BCUT2D eigenvalue weighted by atomic mass is 10.0. The molecule has 1 N–H and O–H groups in total. The van der Waals surface area contributed by atoms with E-state index in [1.54, 1.807) is 12.1 Å². The van der Waals surface area contributed by atoms with E-state index in [4.69, 9.17) is 0 Å². The van der Waals surface area contributed by atoms with Crippen LogP contribution in [0.5, 0.6) is 0 Å². The molecular weight excluding hydrogens is 372 g/mol. The summed E-state index contributed by atoms with van der Waals surface area (Å²) in [5.41, 5.74) is 4.26. The highest BCUT2D eigenvalue weighted by molar-refractivity contribution is 6.10. The molecule has 5 heteroatoms. The minimum absolute atomic E-state index is 0.113. The summed E-state index contributed by atoms with van der Waals surface area (Å²) in [7, 11) is 2.11. The van der Waals surface area contributed by atoms with Crippen molar-refractivity contribution in [3.63, 3.8) is 0 Å². The smallest absolute Gasteiger partial charge is 0.270 e. The van der Waals surface area contributed by atoms with Gasteiger partial charge in [-0.15, -0.1) is 0 Å². The molecular formula is C25H30N4O. The molecule has 1 amide bonds. The second-order valence-corrected chi connectivity index (χ2v) is 7.60. The highest BCUT2D eigenvalue weighted by Gasteiger charge is 2.20. The maximum absolute atomic E-state index is 12.7. The lowest BCUT2D eigenvalue weighted by molar-refractivity contribution is 0.0911. The minimum Gasteiger partial charge on any atom is -0.348 e. The number of nitrogens with zero attached hydrogens (tertiary/aromatic N) is 3. The van der Waals surface area contributed by atoms with Crippen LogP contribution in [0.2, 0.25) is 0 Å². The Bertz CT molecular complexity index is 928. The van der Waals surface area contributed by atoms with Crippen LogP contribution in [0.1, 0.15) is 35.9 Å². The van der Waals surface area contributed by atoms with E-state index in [1.165, 1.54) is 0 Å². The number of carbonyl (C=O) groups is 1. The van der Waals surface area contributed by atoms with Crippen LogP contribution < -0.4 is 5.32 Å². The Morgan fingerprint density at radius 3 is 2.80 bits per heavy atom. The zero-order valence-electron chi connectivity index (χ0n) is 17.8. The molecule has 0 atom stereocenters. The third-order valence-electron chi connectivity index (χ3n) is 5.30. The number of piperidine rings is 1. The molecule has 1 saturated heterocycles. The molecule has 0 bridgehead atoms. The van der Waals surface area contributed by atoms with Crippen molar-refractivity contribution in [2.24, 2.45) is 4.99 Å². The van der Waals surface area contributed by atoms with Crippen molar-refractivity contribution >= 4 is 17.7 Å². The maximum Gasteiger partial charge on any atom is 0.270 e. The van der Waals surface area contributed by atoms with Crippen LogP contribution in [0.25, 0.3) is 5.57 Å². The number of rotatable bonds is 6. The summed E-state index contributed by atoms with van der Waals surface area (Å²) >= 11 is 0. The van der Waals surface area contributed by atoms with E-state index in [9.17, 15) is 4.79 Å². The van der Waals surface area contributed by atoms with Gasteiger partial charge in [-0.3, -0.25) is 9.79 Å². The van der Waals surface area contributed by atoms with Crippen molar-refractivity contribution in [2.75, 3.05) is 26.7 Å². The molecule has 1 aromatic heterocycles. The van der Waals surface area contributed by atoms with Crippen molar-refractivity contribution in [1.29, 1.82) is 0 Å². The van der Waals surface area contributed by atoms with Crippen LogP contribution >= 0.6 is 0 Å². The van der Waals surface area contributed by atoms with Crippen LogP contribution in [-0.4, -0.2) is 54.7 Å². The number of hydrogen-bond donors (Lipinski definition) is 1. The van der Waals surface area contributed by atoms with Gasteiger partial charge in [-0.25, -0.2) is 4.98 Å². The molecule has 30 heavy (non-hydrogen) atoms. The Labute approximate surface area is 179 Å². The first-order valence-electron chi connectivity index (χ1n) is 10.4. The minimum atomic E-state index is -0.113. The predicted octanol–water partition coefficient (Wildman–Crippen LogP) is 3.99. The molecule has 3 heterocycles. The average molecular weight is 403 g/mol. The first-order chi connectivity index (χ1) is 14.6. The third-order valence-corrected chi connectivity index (χ3v) is 5.30. The Balaban J connectivity index is 1.77. The summed E-state index contributed by atoms with van der Waals surface area (Å²) in [6, 6.07) is 5.76. The van der Waals surface area contributed by atoms with Crippen molar-refractivity contribution in [2.45, 2.75) is 25.8 Å². The molecule has 0 aromatic carbocycles. The molecule has 2 aliphatic heterocycles. The van der Waals surface area contributed by atoms with Crippen LogP contribution in [0.15, 0.2) is 77.4 Å². The molecule has 0 aliphatic carbocycles. The summed E-state index contributed by atoms with van der Waals surface area (Å²) in [6.07, 6.45) is 15.6. The Morgan fingerprint density at radius 1 is 1.27 bits per heavy atom. The third kappa shape index (κ3) is 5.74. The average Bonchev–Trinajstić information content (AvgIpc) is 3.01. The van der Waals surface area contributed by atoms with Gasteiger partial charge < -0.3 is 10.2 Å². The van der Waals surface area contributed by atoms with E-state index < -0.39 is 0 Å². The van der Waals surface area contributed by atoms with E-state index in [0.29, 0.717) is 12.2 Å². The van der Waals surface area contributed by atoms with Gasteiger partial charge in [0.05, 0.1) is 12.2 Å². The monoisotopic (exact) mass is 402 g/mol. The van der Waals surface area contributed by atoms with Gasteiger partial charge in [0.25, 0.3) is 5.91 Å². The molecule has 5 nitrogen and oxygen atoms in total. The van der Waals surface area contributed by atoms with Gasteiger partial charge in [0.15, 0.2) is 0 Å². The molecule has 0 radical (unpaired) electrons. The number of carbonyl (C=O) groups excluding carboxylic acids is 1. The molecule has 1 fully saturated rings. The van der Waals surface area contributed by atoms with E-state index in [-0.39, 0.29) is 11.9 Å². The van der Waals surface area contributed by atoms with Crippen molar-refractivity contribution in [3.05, 3.63) is 83.8 Å². The van der Waals surface area contributed by atoms with E-state index in [2.05, 4.69) is 39.9 Å². The topological polar surface area (TPSA) is 57.6 Å². The Hall–Kier alpha value is -3.05. The first-order valence-corrected chi connectivity index (χ1v) is 10.4. The van der Waals surface area contributed by atoms with E-state index in [0.717, 1.165) is 48.3 Å². The zero-order valence-corrected chi connectivity index (χ0v) is 17.8.